The lowest BCUT2D eigenvalue weighted by atomic mass is 10.1. The lowest BCUT2D eigenvalue weighted by molar-refractivity contribution is 0.0674. The number of hydrogen-bond acceptors (Lipinski definition) is 3. The van der Waals surface area contributed by atoms with Gasteiger partial charge < -0.3 is 20.1 Å². The van der Waals surface area contributed by atoms with E-state index < -0.39 is 0 Å². The summed E-state index contributed by atoms with van der Waals surface area (Å²) in [5.41, 5.74) is 7.24. The average Bonchev–Trinajstić information content (AvgIpc) is 2.52. The van der Waals surface area contributed by atoms with Crippen LogP contribution in [-0.2, 0) is 11.2 Å². The van der Waals surface area contributed by atoms with Gasteiger partial charge in [0, 0.05) is 19.6 Å². The Bertz CT molecular complexity index is 442. The van der Waals surface area contributed by atoms with Crippen LogP contribution in [0.3, 0.4) is 0 Å². The zero-order chi connectivity index (χ0) is 14.2. The van der Waals surface area contributed by atoms with Crippen LogP contribution in [0.5, 0.6) is 5.75 Å². The minimum atomic E-state index is 0.638. The molecule has 0 aromatic heterocycles. The molecule has 110 valence electrons. The lowest BCUT2D eigenvalue weighted by Crippen LogP contribution is -2.44. The summed E-state index contributed by atoms with van der Waals surface area (Å²) < 4.78 is 10.5. The number of nitrogens with two attached hydrogens (primary N) is 1. The van der Waals surface area contributed by atoms with Gasteiger partial charge in [-0.05, 0) is 30.5 Å². The van der Waals surface area contributed by atoms with Gasteiger partial charge >= 0.3 is 0 Å². The van der Waals surface area contributed by atoms with Crippen molar-refractivity contribution in [2.45, 2.75) is 12.8 Å². The molecule has 1 aromatic carbocycles. The molecule has 5 nitrogen and oxygen atoms in total. The van der Waals surface area contributed by atoms with Crippen molar-refractivity contribution in [3.05, 3.63) is 29.8 Å². The molecule has 0 aliphatic carbocycles. The maximum absolute atomic E-state index is 5.97. The second-order valence-corrected chi connectivity index (χ2v) is 4.79. The molecule has 0 saturated carbocycles. The van der Waals surface area contributed by atoms with Crippen LogP contribution in [0.4, 0.5) is 0 Å². The fourth-order valence-electron chi connectivity index (χ4n) is 2.20. The molecule has 0 bridgehead atoms. The van der Waals surface area contributed by atoms with E-state index in [1.54, 1.807) is 7.11 Å². The van der Waals surface area contributed by atoms with Crippen LogP contribution in [0.1, 0.15) is 12.0 Å². The van der Waals surface area contributed by atoms with Crippen LogP contribution < -0.4 is 10.5 Å². The normalized spacial score (nSPS) is 16.2. The number of nitrogens with zero attached hydrogens (tertiary/aromatic N) is 2. The fourth-order valence-corrected chi connectivity index (χ4v) is 2.20. The van der Waals surface area contributed by atoms with E-state index in [0.29, 0.717) is 5.96 Å². The number of benzene rings is 1. The second kappa shape index (κ2) is 7.75. The number of methoxy groups -OCH3 is 1. The summed E-state index contributed by atoms with van der Waals surface area (Å²) in [5.74, 6) is 1.54. The highest BCUT2D eigenvalue weighted by molar-refractivity contribution is 5.78. The minimum absolute atomic E-state index is 0.638. The molecule has 1 heterocycles. The molecule has 1 aliphatic rings. The largest absolute Gasteiger partial charge is 0.497 e. The second-order valence-electron chi connectivity index (χ2n) is 4.79. The third-order valence-electron chi connectivity index (χ3n) is 3.37. The summed E-state index contributed by atoms with van der Waals surface area (Å²) in [6.45, 7) is 3.90. The van der Waals surface area contributed by atoms with E-state index in [2.05, 4.69) is 22.0 Å². The Balaban J connectivity index is 1.74. The van der Waals surface area contributed by atoms with E-state index >= 15 is 0 Å². The summed E-state index contributed by atoms with van der Waals surface area (Å²) in [4.78, 5) is 6.52. The molecule has 20 heavy (non-hydrogen) atoms. The Morgan fingerprint density at radius 3 is 2.95 bits per heavy atom. The third kappa shape index (κ3) is 4.42. The van der Waals surface area contributed by atoms with Gasteiger partial charge in [-0.3, -0.25) is 4.99 Å². The van der Waals surface area contributed by atoms with Crippen molar-refractivity contribution >= 4 is 5.96 Å². The van der Waals surface area contributed by atoms with Crippen LogP contribution in [0.2, 0.25) is 0 Å². The zero-order valence-corrected chi connectivity index (χ0v) is 12.0. The van der Waals surface area contributed by atoms with E-state index in [4.69, 9.17) is 15.2 Å². The third-order valence-corrected chi connectivity index (χ3v) is 3.37. The number of aliphatic imine (C=N–C) groups is 1. The van der Waals surface area contributed by atoms with Crippen molar-refractivity contribution in [2.75, 3.05) is 40.0 Å². The summed E-state index contributed by atoms with van der Waals surface area (Å²) in [6, 6.07) is 8.14. The molecular formula is C15H23N3O2. The first-order valence-electron chi connectivity index (χ1n) is 7.05. The topological polar surface area (TPSA) is 60.1 Å². The van der Waals surface area contributed by atoms with E-state index in [9.17, 15) is 0 Å². The molecule has 1 aromatic rings. The van der Waals surface area contributed by atoms with Gasteiger partial charge in [-0.2, -0.15) is 0 Å². The van der Waals surface area contributed by atoms with Gasteiger partial charge in [0.1, 0.15) is 5.75 Å². The van der Waals surface area contributed by atoms with E-state index in [1.165, 1.54) is 5.56 Å². The van der Waals surface area contributed by atoms with Crippen molar-refractivity contribution in [3.8, 4) is 5.75 Å². The number of morpholine rings is 1. The predicted molar refractivity (Wildman–Crippen MR) is 80.2 cm³/mol. The number of guanidine groups is 1. The summed E-state index contributed by atoms with van der Waals surface area (Å²) in [5, 5.41) is 0. The predicted octanol–water partition coefficient (Wildman–Crippen LogP) is 1.27. The molecule has 0 unspecified atom stereocenters. The first kappa shape index (κ1) is 14.7. The first-order valence-corrected chi connectivity index (χ1v) is 7.05. The van der Waals surface area contributed by atoms with E-state index in [1.807, 2.05) is 12.1 Å². The first-order chi connectivity index (χ1) is 9.79. The maximum atomic E-state index is 5.97. The molecule has 2 N–H and O–H groups in total. The van der Waals surface area contributed by atoms with E-state index in [-0.39, 0.29) is 0 Å². The highest BCUT2D eigenvalue weighted by Crippen LogP contribution is 2.13. The fraction of sp³-hybridized carbons (Fsp3) is 0.533. The molecule has 2 rings (SSSR count). The number of hydrogen-bond donors (Lipinski definition) is 1. The molecule has 0 atom stereocenters. The van der Waals surface area contributed by atoms with Gasteiger partial charge in [-0.15, -0.1) is 0 Å². The molecule has 5 heteroatoms. The molecule has 0 spiro atoms. The maximum Gasteiger partial charge on any atom is 0.191 e. The van der Waals surface area contributed by atoms with E-state index in [0.717, 1.165) is 51.4 Å². The van der Waals surface area contributed by atoms with Crippen LogP contribution in [0.15, 0.2) is 29.3 Å². The lowest BCUT2D eigenvalue weighted by Gasteiger charge is -2.27. The van der Waals surface area contributed by atoms with Gasteiger partial charge in [0.15, 0.2) is 5.96 Å². The minimum Gasteiger partial charge on any atom is -0.497 e. The SMILES string of the molecule is COc1cccc(CCCN=C(N)N2CCOCC2)c1. The van der Waals surface area contributed by atoms with Gasteiger partial charge in [0.25, 0.3) is 0 Å². The van der Waals surface area contributed by atoms with Crippen molar-refractivity contribution in [1.29, 1.82) is 0 Å². The molecular weight excluding hydrogens is 254 g/mol. The Kier molecular flexibility index (Phi) is 5.68. The van der Waals surface area contributed by atoms with Crippen molar-refractivity contribution in [1.82, 2.24) is 4.90 Å². The smallest absolute Gasteiger partial charge is 0.191 e. The van der Waals surface area contributed by atoms with Crippen molar-refractivity contribution in [3.63, 3.8) is 0 Å². The van der Waals surface area contributed by atoms with Crippen LogP contribution in [-0.4, -0.2) is 50.8 Å². The molecule has 1 aliphatic heterocycles. The highest BCUT2D eigenvalue weighted by Gasteiger charge is 2.11. The Hall–Kier alpha value is -1.75. The summed E-state index contributed by atoms with van der Waals surface area (Å²) in [6.07, 6.45) is 1.97. The Labute approximate surface area is 120 Å². The molecule has 0 amide bonds. The van der Waals surface area contributed by atoms with Gasteiger partial charge in [0.2, 0.25) is 0 Å². The standard InChI is InChI=1S/C15H23N3O2/c1-19-14-6-2-4-13(12-14)5-3-7-17-15(16)18-8-10-20-11-9-18/h2,4,6,12H,3,5,7-11H2,1H3,(H2,16,17). The number of rotatable bonds is 5. The van der Waals surface area contributed by atoms with Crippen LogP contribution in [0, 0.1) is 0 Å². The molecule has 1 saturated heterocycles. The Morgan fingerprint density at radius 2 is 2.20 bits per heavy atom. The summed E-state index contributed by atoms with van der Waals surface area (Å²) >= 11 is 0. The van der Waals surface area contributed by atoms with Crippen LogP contribution >= 0.6 is 0 Å². The quantitative estimate of drug-likeness (QED) is 0.500. The van der Waals surface area contributed by atoms with Gasteiger partial charge in [-0.1, -0.05) is 12.1 Å². The monoisotopic (exact) mass is 277 g/mol. The van der Waals surface area contributed by atoms with Crippen LogP contribution in [0.25, 0.3) is 0 Å². The zero-order valence-electron chi connectivity index (χ0n) is 12.0. The highest BCUT2D eigenvalue weighted by atomic mass is 16.5. The number of ether oxygens (including phenoxy) is 2. The van der Waals surface area contributed by atoms with Crippen molar-refractivity contribution in [2.24, 2.45) is 10.7 Å². The molecule has 1 fully saturated rings. The molecule has 0 radical (unpaired) electrons. The van der Waals surface area contributed by atoms with Gasteiger partial charge in [0.05, 0.1) is 20.3 Å². The number of aryl methyl sites for hydroxylation is 1. The van der Waals surface area contributed by atoms with Gasteiger partial charge in [-0.25, -0.2) is 0 Å². The summed E-state index contributed by atoms with van der Waals surface area (Å²) in [7, 11) is 1.69. The average molecular weight is 277 g/mol. The Morgan fingerprint density at radius 1 is 1.40 bits per heavy atom. The van der Waals surface area contributed by atoms with Crippen molar-refractivity contribution < 1.29 is 9.47 Å².